The number of rotatable bonds is 13. The highest BCUT2D eigenvalue weighted by Gasteiger charge is 2.29. The van der Waals surface area contributed by atoms with Crippen LogP contribution >= 0.6 is 0 Å². The van der Waals surface area contributed by atoms with Gasteiger partial charge in [0.1, 0.15) is 22.3 Å². The van der Waals surface area contributed by atoms with Crippen LogP contribution in [0, 0.1) is 0 Å². The predicted molar refractivity (Wildman–Crippen MR) is 549 cm³/mol. The normalized spacial score (nSPS) is 12.0. The summed E-state index contributed by atoms with van der Waals surface area (Å²) in [5.74, 6) is 3.14. The fourth-order valence-corrected chi connectivity index (χ4v) is 21.1. The number of fused-ring (bicyclic) bond motifs is 20. The van der Waals surface area contributed by atoms with Crippen LogP contribution in [0.25, 0.3) is 277 Å². The molecule has 0 amide bonds. The van der Waals surface area contributed by atoms with Crippen molar-refractivity contribution in [3.05, 3.63) is 437 Å². The van der Waals surface area contributed by atoms with E-state index in [0.717, 1.165) is 231 Å². The number of aromatic nitrogens is 10. The van der Waals surface area contributed by atoms with Gasteiger partial charge in [-0.25, -0.2) is 29.9 Å². The number of nitrogens with zero attached hydrogens (tertiary/aromatic N) is 10. The molecule has 0 radical (unpaired) electrons. The molecule has 622 valence electrons. The molecule has 28 rings (SSSR count). The molecule has 20 aromatic carbocycles. The van der Waals surface area contributed by atoms with Gasteiger partial charge in [-0.1, -0.05) is 303 Å². The van der Waals surface area contributed by atoms with Gasteiger partial charge in [-0.2, -0.15) is 0 Å². The van der Waals surface area contributed by atoms with Gasteiger partial charge < -0.3 is 27.1 Å². The monoisotopic (exact) mass is 1710 g/mol. The van der Waals surface area contributed by atoms with Crippen LogP contribution in [0.1, 0.15) is 0 Å². The van der Waals surface area contributed by atoms with Gasteiger partial charge in [-0.15, -0.1) is 0 Å². The van der Waals surface area contributed by atoms with Crippen molar-refractivity contribution < 1.29 is 8.83 Å². The molecule has 0 aliphatic heterocycles. The van der Waals surface area contributed by atoms with Gasteiger partial charge in [0.2, 0.25) is 0 Å². The smallest absolute Gasteiger partial charge is 0.166 e. The first-order valence-corrected chi connectivity index (χ1v) is 45.3. The molecule has 134 heavy (non-hydrogen) atoms. The molecular weight excluding hydrogens is 1640 g/mol. The lowest BCUT2D eigenvalue weighted by molar-refractivity contribution is 0.668. The van der Waals surface area contributed by atoms with Crippen molar-refractivity contribution in [1.29, 1.82) is 0 Å². The van der Waals surface area contributed by atoms with Crippen molar-refractivity contribution in [2.75, 3.05) is 0 Å². The molecule has 0 N–H and O–H groups in total. The lowest BCUT2D eigenvalue weighted by atomic mass is 9.98. The summed E-state index contributed by atoms with van der Waals surface area (Å²) >= 11 is 0. The SMILES string of the molecule is c1ccc(-c2ccc(-c3nc(-c4cc(-n5c6ccc(-c7ccc(-c8cccc(-c9nc(-c%10cc(-n%11c%12ccccc%12c%12cc%13ccccc%13cc%12%11)c%11c(c%10)oc%10ccccc%10%11)nc(-c%10cccc%11c%12ccccc%12n(-c%12ccccc%12)c%10%11)n9)c8)cc7)cc6c6cc7ccccc7cc65)c5c(c4)oc4ccccc45)nc(-c4cccc5c6ccccc6n(-c6ccccc6)c45)n3)cc2)cc1. The third-order valence-electron chi connectivity index (χ3n) is 27.2. The van der Waals surface area contributed by atoms with E-state index in [4.69, 9.17) is 38.7 Å². The van der Waals surface area contributed by atoms with Gasteiger partial charge in [-0.05, 0) is 188 Å². The molecule has 28 aromatic rings. The molecule has 8 aromatic heterocycles. The number of para-hydroxylation sites is 9. The van der Waals surface area contributed by atoms with Gasteiger partial charge in [0.15, 0.2) is 34.9 Å². The van der Waals surface area contributed by atoms with Gasteiger partial charge in [0, 0.05) is 98.6 Å². The number of furan rings is 2. The second-order valence-corrected chi connectivity index (χ2v) is 34.8. The van der Waals surface area contributed by atoms with E-state index in [9.17, 15) is 0 Å². The summed E-state index contributed by atoms with van der Waals surface area (Å²) in [6.45, 7) is 0. The van der Waals surface area contributed by atoms with E-state index in [1.54, 1.807) is 0 Å². The van der Waals surface area contributed by atoms with Crippen LogP contribution in [0.3, 0.4) is 0 Å². The van der Waals surface area contributed by atoms with Gasteiger partial charge in [0.25, 0.3) is 0 Å². The predicted octanol–water partition coefficient (Wildman–Crippen LogP) is 31.6. The number of hydrogen-bond donors (Lipinski definition) is 0. The molecule has 0 fully saturated rings. The lowest BCUT2D eigenvalue weighted by Crippen LogP contribution is -2.03. The molecule has 0 unspecified atom stereocenters. The Morgan fingerprint density at radius 2 is 0.485 bits per heavy atom. The van der Waals surface area contributed by atoms with Gasteiger partial charge >= 0.3 is 0 Å². The van der Waals surface area contributed by atoms with Crippen molar-refractivity contribution in [3.8, 4) is 124 Å². The standard InChI is InChI=1S/C122H72N10O2/c1-4-27-73(28-5-1)74-57-59-77(60-58-74)117-123-119(127-121(125-117)96-46-25-44-92-89-39-14-19-48-101(89)129(115(92)96)87-35-6-2-7-36-87)85-70-108(114-95-43-18-23-52-110(95)134-112(114)71-85)132-104-62-61-83(66-99(104)100-65-80-30-11-13-32-82(80)68-106(100)132)76-55-53-75(54-56-76)78-33-24-34-84(63-78)118-124-120(128-122(126-118)97-47-26-45-93-90-40-15-20-49-102(90)130(116(93)97)88-37-8-3-9-38-88)86-69-107(113-94-42-17-22-51-109(94)133-111(113)72-86)131-103-50-21-16-41-91(103)98-64-79-29-10-12-31-81(79)67-105(98)131/h1-72H. The molecule has 8 heterocycles. The zero-order chi connectivity index (χ0) is 87.7. The maximum absolute atomic E-state index is 7.08. The second kappa shape index (κ2) is 29.7. The third-order valence-corrected chi connectivity index (χ3v) is 27.2. The van der Waals surface area contributed by atoms with Crippen LogP contribution in [-0.4, -0.2) is 48.2 Å². The highest BCUT2D eigenvalue weighted by atomic mass is 16.3. The van der Waals surface area contributed by atoms with E-state index >= 15 is 0 Å². The van der Waals surface area contributed by atoms with Crippen LogP contribution in [0.5, 0.6) is 0 Å². The summed E-state index contributed by atoms with van der Waals surface area (Å²) in [7, 11) is 0. The summed E-state index contributed by atoms with van der Waals surface area (Å²) in [5, 5.41) is 17.5. The lowest BCUT2D eigenvalue weighted by Gasteiger charge is -2.15. The maximum Gasteiger partial charge on any atom is 0.166 e. The molecule has 0 saturated carbocycles. The van der Waals surface area contributed by atoms with E-state index < -0.39 is 0 Å². The first kappa shape index (κ1) is 74.8. The Morgan fingerprint density at radius 1 is 0.164 bits per heavy atom. The summed E-state index contributed by atoms with van der Waals surface area (Å²) in [6, 6.07) is 156. The minimum absolute atomic E-state index is 0.498. The van der Waals surface area contributed by atoms with Crippen molar-refractivity contribution in [1.82, 2.24) is 48.2 Å². The zero-order valence-corrected chi connectivity index (χ0v) is 71.9. The largest absolute Gasteiger partial charge is 0.456 e. The van der Waals surface area contributed by atoms with Gasteiger partial charge in [-0.3, -0.25) is 0 Å². The third kappa shape index (κ3) is 11.8. The van der Waals surface area contributed by atoms with Crippen molar-refractivity contribution in [2.45, 2.75) is 0 Å². The molecule has 0 atom stereocenters. The topological polar surface area (TPSA) is 123 Å². The average molecular weight is 1710 g/mol. The first-order valence-electron chi connectivity index (χ1n) is 45.3. The molecule has 0 aliphatic carbocycles. The number of benzene rings is 20. The fourth-order valence-electron chi connectivity index (χ4n) is 21.1. The average Bonchev–Trinajstić information content (AvgIpc) is 1.57. The number of hydrogen-bond acceptors (Lipinski definition) is 8. The fraction of sp³-hybridized carbons (Fsp3) is 0. The van der Waals surface area contributed by atoms with E-state index in [-0.39, 0.29) is 0 Å². The van der Waals surface area contributed by atoms with Crippen molar-refractivity contribution >= 4 is 153 Å². The Hall–Kier alpha value is -18.3. The zero-order valence-electron chi connectivity index (χ0n) is 71.9. The Labute approximate surface area is 765 Å². The quantitative estimate of drug-likeness (QED) is 0.112. The van der Waals surface area contributed by atoms with Crippen LogP contribution in [0.15, 0.2) is 446 Å². The minimum atomic E-state index is 0.498. The molecule has 0 spiro atoms. The van der Waals surface area contributed by atoms with Crippen molar-refractivity contribution in [2.24, 2.45) is 0 Å². The molecule has 0 bridgehead atoms. The van der Waals surface area contributed by atoms with Crippen LogP contribution in [0.4, 0.5) is 0 Å². The van der Waals surface area contributed by atoms with Crippen LogP contribution in [0.2, 0.25) is 0 Å². The maximum atomic E-state index is 7.08. The molecule has 12 heteroatoms. The Morgan fingerprint density at radius 3 is 0.985 bits per heavy atom. The van der Waals surface area contributed by atoms with E-state index in [1.807, 2.05) is 18.2 Å². The molecule has 12 nitrogen and oxygen atoms in total. The minimum Gasteiger partial charge on any atom is -0.456 e. The van der Waals surface area contributed by atoms with Crippen LogP contribution < -0.4 is 0 Å². The second-order valence-electron chi connectivity index (χ2n) is 34.8. The van der Waals surface area contributed by atoms with Crippen LogP contribution in [-0.2, 0) is 0 Å². The molecular formula is C122H72N10O2. The summed E-state index contributed by atoms with van der Waals surface area (Å²) in [6.07, 6.45) is 0. The Bertz CT molecular complexity index is 9770. The van der Waals surface area contributed by atoms with Gasteiger partial charge in [0.05, 0.1) is 66.3 Å². The molecule has 0 saturated heterocycles. The highest BCUT2D eigenvalue weighted by molar-refractivity contribution is 6.21. The highest BCUT2D eigenvalue weighted by Crippen LogP contribution is 2.49. The summed E-state index contributed by atoms with van der Waals surface area (Å²) in [4.78, 5) is 33.6. The first-order chi connectivity index (χ1) is 66.4. The Kier molecular flexibility index (Phi) is 16.5. The van der Waals surface area contributed by atoms with E-state index in [1.165, 1.54) is 5.39 Å². The summed E-state index contributed by atoms with van der Waals surface area (Å²) in [5.41, 5.74) is 26.7. The van der Waals surface area contributed by atoms with E-state index in [2.05, 4.69) is 437 Å². The van der Waals surface area contributed by atoms with Crippen molar-refractivity contribution in [3.63, 3.8) is 0 Å². The van der Waals surface area contributed by atoms with E-state index in [0.29, 0.717) is 40.5 Å². The molecule has 0 aliphatic rings. The summed E-state index contributed by atoms with van der Waals surface area (Å²) < 4.78 is 23.6. The Balaban J connectivity index is 0.595.